The Hall–Kier alpha value is -3.29. The van der Waals surface area contributed by atoms with Crippen molar-refractivity contribution in [3.8, 4) is 0 Å². The van der Waals surface area contributed by atoms with Gasteiger partial charge in [-0.1, -0.05) is 19.1 Å². The number of carbonyl (C=O) groups excluding carboxylic acids is 2. The first-order valence-electron chi connectivity index (χ1n) is 7.28. The summed E-state index contributed by atoms with van der Waals surface area (Å²) >= 11 is 0. The van der Waals surface area contributed by atoms with Crippen LogP contribution in [0.1, 0.15) is 29.5 Å². The average Bonchev–Trinajstić information content (AvgIpc) is 3.05. The summed E-state index contributed by atoms with van der Waals surface area (Å²) in [5.41, 5.74) is 4.69. The molecule has 2 heterocycles. The fraction of sp³-hybridized carbons (Fsp3) is 0.188. The maximum Gasteiger partial charge on any atom is 0.291 e. The van der Waals surface area contributed by atoms with E-state index in [1.54, 1.807) is 12.1 Å². The van der Waals surface area contributed by atoms with Crippen LogP contribution in [0.2, 0.25) is 0 Å². The smallest absolute Gasteiger partial charge is 0.291 e. The van der Waals surface area contributed by atoms with Gasteiger partial charge >= 0.3 is 0 Å². The number of hydrazone groups is 1. The normalized spacial score (nSPS) is 17.0. The van der Waals surface area contributed by atoms with E-state index in [1.165, 1.54) is 12.1 Å². The molecule has 3 rings (SSSR count). The van der Waals surface area contributed by atoms with Crippen LogP contribution in [0.25, 0.3) is 0 Å². The van der Waals surface area contributed by atoms with Gasteiger partial charge in [-0.3, -0.25) is 9.59 Å². The zero-order valence-corrected chi connectivity index (χ0v) is 12.8. The molecule has 2 amide bonds. The highest BCUT2D eigenvalue weighted by atomic mass is 16.4. The number of furan rings is 1. The maximum absolute atomic E-state index is 12.0. The highest BCUT2D eigenvalue weighted by molar-refractivity contribution is 6.06. The zero-order valence-electron chi connectivity index (χ0n) is 12.8. The fourth-order valence-electron chi connectivity index (χ4n) is 2.42. The van der Waals surface area contributed by atoms with Crippen molar-refractivity contribution in [2.45, 2.75) is 13.3 Å². The second kappa shape index (κ2) is 6.45. The van der Waals surface area contributed by atoms with E-state index < -0.39 is 5.91 Å². The van der Waals surface area contributed by atoms with Crippen LogP contribution >= 0.6 is 0 Å². The number of carbonyl (C=O) groups is 2. The molecule has 1 aliphatic rings. The lowest BCUT2D eigenvalue weighted by Gasteiger charge is -2.19. The molecule has 1 unspecified atom stereocenters. The predicted octanol–water partition coefficient (Wildman–Crippen LogP) is 2.79. The molecule has 1 aromatic heterocycles. The first-order valence-corrected chi connectivity index (χ1v) is 7.28. The molecule has 122 valence electrons. The summed E-state index contributed by atoms with van der Waals surface area (Å²) in [5, 5.41) is 9.36. The lowest BCUT2D eigenvalue weighted by atomic mass is 9.94. The maximum atomic E-state index is 12.0. The van der Waals surface area contributed by atoms with Gasteiger partial charge in [0.1, 0.15) is 0 Å². The molecule has 1 aliphatic heterocycles. The summed E-state index contributed by atoms with van der Waals surface area (Å²) in [6.45, 7) is 1.93. The van der Waals surface area contributed by atoms with E-state index in [4.69, 9.17) is 4.42 Å². The lowest BCUT2D eigenvalue weighted by molar-refractivity contribution is -0.121. The number of hydrogen-bond donors (Lipinski definition) is 2. The van der Waals surface area contributed by atoms with Gasteiger partial charge in [0.2, 0.25) is 5.91 Å². The minimum Gasteiger partial charge on any atom is -0.430 e. The van der Waals surface area contributed by atoms with Gasteiger partial charge in [0.05, 0.1) is 5.71 Å². The third kappa shape index (κ3) is 3.22. The van der Waals surface area contributed by atoms with Crippen LogP contribution < -0.4 is 10.7 Å². The van der Waals surface area contributed by atoms with Gasteiger partial charge in [0.25, 0.3) is 11.8 Å². The van der Waals surface area contributed by atoms with Crippen LogP contribution in [0.4, 0.5) is 11.6 Å². The molecular weight excluding hydrogens is 312 g/mol. The number of anilines is 1. The molecule has 0 bridgehead atoms. The number of hydrogen-bond acceptors (Lipinski definition) is 6. The molecular formula is C16H14N4O4. The van der Waals surface area contributed by atoms with Crippen molar-refractivity contribution < 1.29 is 14.0 Å². The van der Waals surface area contributed by atoms with E-state index in [-0.39, 0.29) is 23.5 Å². The van der Waals surface area contributed by atoms with Crippen LogP contribution in [-0.4, -0.2) is 17.5 Å². The average molecular weight is 326 g/mol. The van der Waals surface area contributed by atoms with Crippen molar-refractivity contribution >= 4 is 29.1 Å². The van der Waals surface area contributed by atoms with Crippen LogP contribution in [-0.2, 0) is 4.79 Å². The van der Waals surface area contributed by atoms with Crippen molar-refractivity contribution in [2.24, 2.45) is 16.2 Å². The number of nitrogens with one attached hydrogen (secondary N) is 2. The predicted molar refractivity (Wildman–Crippen MR) is 87.0 cm³/mol. The monoisotopic (exact) mass is 326 g/mol. The van der Waals surface area contributed by atoms with Crippen LogP contribution in [0.3, 0.4) is 0 Å². The van der Waals surface area contributed by atoms with Crippen LogP contribution in [0.15, 0.2) is 51.1 Å². The highest BCUT2D eigenvalue weighted by Gasteiger charge is 2.21. The Morgan fingerprint density at radius 3 is 2.67 bits per heavy atom. The first kappa shape index (κ1) is 15.6. The quantitative estimate of drug-likeness (QED) is 0.841. The zero-order chi connectivity index (χ0) is 17.1. The molecule has 8 heteroatoms. The van der Waals surface area contributed by atoms with Gasteiger partial charge in [0, 0.05) is 29.3 Å². The molecule has 0 aliphatic carbocycles. The van der Waals surface area contributed by atoms with Gasteiger partial charge in [-0.25, -0.2) is 5.43 Å². The number of nitrogens with zero attached hydrogens (tertiary/aromatic N) is 2. The van der Waals surface area contributed by atoms with Gasteiger partial charge < -0.3 is 9.73 Å². The fourth-order valence-corrected chi connectivity index (χ4v) is 2.42. The summed E-state index contributed by atoms with van der Waals surface area (Å²) in [7, 11) is 0. The SMILES string of the molecule is CC1CC(=O)NN=C1c1ccc(NC(=O)c2ccc(N=O)o2)cc1. The standard InChI is InChI=1S/C16H14N4O4/c1-9-8-13(21)18-19-15(9)10-2-4-11(5-3-10)17-16(22)12-6-7-14(20-23)24-12/h2-7,9H,8H2,1H3,(H,17,22)(H,18,21). The van der Waals surface area contributed by atoms with Crippen LogP contribution in [0.5, 0.6) is 0 Å². The molecule has 2 aromatic rings. The Morgan fingerprint density at radius 2 is 2.04 bits per heavy atom. The Morgan fingerprint density at radius 1 is 1.29 bits per heavy atom. The molecule has 2 N–H and O–H groups in total. The molecule has 24 heavy (non-hydrogen) atoms. The van der Waals surface area contributed by atoms with E-state index in [0.29, 0.717) is 12.1 Å². The van der Waals surface area contributed by atoms with Gasteiger partial charge in [-0.05, 0) is 23.8 Å². The first-order chi connectivity index (χ1) is 11.6. The van der Waals surface area contributed by atoms with E-state index in [9.17, 15) is 14.5 Å². The van der Waals surface area contributed by atoms with Crippen molar-refractivity contribution in [1.82, 2.24) is 5.43 Å². The Kier molecular flexibility index (Phi) is 4.19. The van der Waals surface area contributed by atoms with E-state index in [0.717, 1.165) is 11.3 Å². The molecule has 0 fully saturated rings. The second-order valence-electron chi connectivity index (χ2n) is 5.40. The van der Waals surface area contributed by atoms with Crippen LogP contribution in [0, 0.1) is 10.8 Å². The summed E-state index contributed by atoms with van der Waals surface area (Å²) in [6, 6.07) is 9.76. The minimum atomic E-state index is -0.478. The molecule has 0 radical (unpaired) electrons. The van der Waals surface area contributed by atoms with E-state index >= 15 is 0 Å². The number of amides is 2. The van der Waals surface area contributed by atoms with Gasteiger partial charge in [-0.15, -0.1) is 4.91 Å². The highest BCUT2D eigenvalue weighted by Crippen LogP contribution is 2.20. The molecule has 1 atom stereocenters. The lowest BCUT2D eigenvalue weighted by Crippen LogP contribution is -2.31. The molecule has 8 nitrogen and oxygen atoms in total. The second-order valence-corrected chi connectivity index (χ2v) is 5.40. The molecule has 0 spiro atoms. The van der Waals surface area contributed by atoms with Gasteiger partial charge in [0.15, 0.2) is 5.76 Å². The van der Waals surface area contributed by atoms with Crippen molar-refractivity contribution in [3.05, 3.63) is 52.6 Å². The Labute approximate surface area is 136 Å². The molecule has 1 aromatic carbocycles. The Bertz CT molecular complexity index is 823. The van der Waals surface area contributed by atoms with E-state index in [1.807, 2.05) is 19.1 Å². The third-order valence-electron chi connectivity index (χ3n) is 3.60. The molecule has 0 saturated carbocycles. The topological polar surface area (TPSA) is 113 Å². The van der Waals surface area contributed by atoms with Crippen molar-refractivity contribution in [3.63, 3.8) is 0 Å². The summed E-state index contributed by atoms with van der Waals surface area (Å²) in [6.07, 6.45) is 0.392. The Balaban J connectivity index is 1.71. The number of benzene rings is 1. The minimum absolute atomic E-state index is 0.00154. The summed E-state index contributed by atoms with van der Waals surface area (Å²) < 4.78 is 4.96. The largest absolute Gasteiger partial charge is 0.430 e. The third-order valence-corrected chi connectivity index (χ3v) is 3.60. The van der Waals surface area contributed by atoms with Crippen molar-refractivity contribution in [1.29, 1.82) is 0 Å². The number of nitroso groups, excluding NO2 is 1. The summed E-state index contributed by atoms with van der Waals surface area (Å²) in [5.74, 6) is -0.703. The van der Waals surface area contributed by atoms with Crippen molar-refractivity contribution in [2.75, 3.05) is 5.32 Å². The van der Waals surface area contributed by atoms with E-state index in [2.05, 4.69) is 21.0 Å². The van der Waals surface area contributed by atoms with Gasteiger partial charge in [-0.2, -0.15) is 5.10 Å². The molecule has 0 saturated heterocycles. The summed E-state index contributed by atoms with van der Waals surface area (Å²) in [4.78, 5) is 33.6. The number of rotatable bonds is 4.